The largest absolute Gasteiger partial charge is 0.478 e. The van der Waals surface area contributed by atoms with Gasteiger partial charge in [-0.2, -0.15) is 10.2 Å². The minimum Gasteiger partial charge on any atom is -0.478 e. The highest BCUT2D eigenvalue weighted by molar-refractivity contribution is 7.90. The fourth-order valence-electron chi connectivity index (χ4n) is 15.6. The van der Waals surface area contributed by atoms with Crippen molar-refractivity contribution < 1.29 is 37.4 Å². The first-order valence-electron chi connectivity index (χ1n) is 41.7. The number of amides is 1. The molecule has 23 rings (SSSR count). The van der Waals surface area contributed by atoms with Gasteiger partial charge in [0.05, 0.1) is 81.0 Å². The summed E-state index contributed by atoms with van der Waals surface area (Å²) in [7, 11) is 1.36. The lowest BCUT2D eigenvalue weighted by Gasteiger charge is -2.12. The van der Waals surface area contributed by atoms with Gasteiger partial charge in [0.15, 0.2) is 5.78 Å². The fraction of sp³-hybridized carbons (Fsp3) is 0.150. The molecule has 634 valence electrons. The molecular formula is C100H78ClN19O8S. The predicted octanol–water partition coefficient (Wildman–Crippen LogP) is 19.2. The molecule has 0 spiro atoms. The van der Waals surface area contributed by atoms with Gasteiger partial charge in [0, 0.05) is 227 Å². The summed E-state index contributed by atoms with van der Waals surface area (Å²) >= 11 is 5.97. The number of nitrogens with one attached hydrogen (secondary N) is 2. The number of anilines is 1. The minimum atomic E-state index is -3.59. The molecule has 29 heteroatoms. The molecule has 129 heavy (non-hydrogen) atoms. The highest BCUT2D eigenvalue weighted by Gasteiger charge is 2.29. The molecule has 0 unspecified atom stereocenters. The van der Waals surface area contributed by atoms with Gasteiger partial charge in [-0.25, -0.2) is 62.9 Å². The van der Waals surface area contributed by atoms with E-state index in [0.717, 1.165) is 151 Å². The van der Waals surface area contributed by atoms with E-state index in [-0.39, 0.29) is 22.4 Å². The molecule has 1 amide bonds. The molecule has 7 aromatic carbocycles. The number of carbonyl (C=O) groups excluding carboxylic acids is 3. The normalized spacial score (nSPS) is 13.0. The van der Waals surface area contributed by atoms with E-state index in [9.17, 15) is 32.7 Å². The topological polar surface area (TPSA) is 359 Å². The number of ketones is 1. The lowest BCUT2D eigenvalue weighted by atomic mass is 10.0. The van der Waals surface area contributed by atoms with Crippen molar-refractivity contribution in [2.75, 3.05) is 18.7 Å². The summed E-state index contributed by atoms with van der Waals surface area (Å²) in [6, 6.07) is 56.0. The number of methoxy groups -OCH3 is 1. The first-order chi connectivity index (χ1) is 62.7. The third-order valence-corrected chi connectivity index (χ3v) is 23.8. The Kier molecular flexibility index (Phi) is 22.4. The second-order valence-corrected chi connectivity index (χ2v) is 34.5. The molecule has 27 nitrogen and oxygen atoms in total. The Morgan fingerprint density at radius 3 is 1.42 bits per heavy atom. The molecule has 0 bridgehead atoms. The number of aromatic carboxylic acids is 1. The lowest BCUT2D eigenvalue weighted by Crippen LogP contribution is -2.25. The molecule has 3 fully saturated rings. The van der Waals surface area contributed by atoms with E-state index >= 15 is 0 Å². The zero-order chi connectivity index (χ0) is 88.7. The third kappa shape index (κ3) is 17.7. The van der Waals surface area contributed by atoms with Gasteiger partial charge in [-0.15, -0.1) is 0 Å². The van der Waals surface area contributed by atoms with Crippen LogP contribution < -0.4 is 10.6 Å². The number of carboxylic acid groups (broad SMARTS) is 1. The van der Waals surface area contributed by atoms with Crippen molar-refractivity contribution in [3.63, 3.8) is 0 Å². The molecule has 0 saturated heterocycles. The van der Waals surface area contributed by atoms with E-state index in [2.05, 4.69) is 85.8 Å². The molecular weight excluding hydrogens is 1660 g/mol. The van der Waals surface area contributed by atoms with Crippen LogP contribution in [-0.4, -0.2) is 147 Å². The number of fused-ring (bicyclic) bond motifs is 15. The average Bonchev–Trinajstić information content (AvgIpc) is 1.13. The summed E-state index contributed by atoms with van der Waals surface area (Å²) in [5, 5.41) is 36.9. The second kappa shape index (κ2) is 35.0. The van der Waals surface area contributed by atoms with Crippen LogP contribution in [0.1, 0.15) is 91.9 Å². The number of aryl methyl sites for hydroxylation is 3. The maximum Gasteiger partial charge on any atom is 0.337 e. The van der Waals surface area contributed by atoms with Crippen LogP contribution in [0.15, 0.2) is 268 Å². The maximum atomic E-state index is 12.6. The first kappa shape index (κ1) is 82.8. The van der Waals surface area contributed by atoms with Crippen LogP contribution in [-0.2, 0) is 28.7 Å². The van der Waals surface area contributed by atoms with E-state index < -0.39 is 21.8 Å². The quantitative estimate of drug-likeness (QED) is 0.0371. The van der Waals surface area contributed by atoms with Gasteiger partial charge in [-0.1, -0.05) is 96.5 Å². The summed E-state index contributed by atoms with van der Waals surface area (Å²) in [6.07, 6.45) is 33.4. The van der Waals surface area contributed by atoms with E-state index in [1.165, 1.54) is 44.6 Å². The van der Waals surface area contributed by atoms with Crippen molar-refractivity contribution in [2.24, 2.45) is 20.0 Å². The van der Waals surface area contributed by atoms with Gasteiger partial charge in [-0.3, -0.25) is 38.9 Å². The minimum absolute atomic E-state index is 0.0367. The molecule has 3 aliphatic rings. The number of hydrogen-bond donors (Lipinski definition) is 3. The van der Waals surface area contributed by atoms with E-state index in [1.54, 1.807) is 102 Å². The number of carbonyl (C=O) groups is 4. The Hall–Kier alpha value is -15.8. The fourth-order valence-corrected chi connectivity index (χ4v) is 16.2. The molecule has 0 atom stereocenters. The van der Waals surface area contributed by atoms with Crippen molar-refractivity contribution >= 4 is 160 Å². The number of Topliss-reactive ketones (excluding diaryl/α,β-unsaturated/α-hetero) is 1. The summed E-state index contributed by atoms with van der Waals surface area (Å²) in [4.78, 5) is 107. The Bertz CT molecular complexity index is 8020. The third-order valence-electron chi connectivity index (χ3n) is 22.6. The molecule has 13 aromatic heterocycles. The summed E-state index contributed by atoms with van der Waals surface area (Å²) in [5.41, 5.74) is 16.6. The number of hydrogen-bond acceptors (Lipinski definition) is 23. The molecule has 3 N–H and O–H groups in total. The molecule has 0 aliphatic heterocycles. The van der Waals surface area contributed by atoms with Crippen molar-refractivity contribution in [1.82, 2.24) is 89.7 Å². The Labute approximate surface area is 741 Å². The number of carboxylic acids is 1. The summed E-state index contributed by atoms with van der Waals surface area (Å²) in [5.74, 6) is -0.0513. The number of rotatable bonds is 15. The van der Waals surface area contributed by atoms with E-state index in [1.807, 2.05) is 159 Å². The second-order valence-electron chi connectivity index (χ2n) is 32.1. The lowest BCUT2D eigenvalue weighted by molar-refractivity contribution is 0.0599. The highest BCUT2D eigenvalue weighted by atomic mass is 35.5. The number of esters is 1. The van der Waals surface area contributed by atoms with E-state index in [0.29, 0.717) is 85.1 Å². The summed E-state index contributed by atoms with van der Waals surface area (Å²) in [6.45, 7) is 2.08. The van der Waals surface area contributed by atoms with Crippen molar-refractivity contribution in [3.05, 3.63) is 296 Å². The Morgan fingerprint density at radius 1 is 0.434 bits per heavy atom. The van der Waals surface area contributed by atoms with Gasteiger partial charge in [0.2, 0.25) is 20.9 Å². The number of nitrogens with zero attached hydrogens (tertiary/aromatic N) is 17. The maximum absolute atomic E-state index is 12.6. The van der Waals surface area contributed by atoms with Gasteiger partial charge in [0.1, 0.15) is 16.7 Å². The zero-order valence-electron chi connectivity index (χ0n) is 70.2. The molecule has 3 aliphatic carbocycles. The van der Waals surface area contributed by atoms with Crippen molar-refractivity contribution in [1.29, 1.82) is 0 Å². The number of aromatic nitrogens is 17. The van der Waals surface area contributed by atoms with Gasteiger partial charge in [-0.05, 0) is 148 Å². The van der Waals surface area contributed by atoms with Crippen LogP contribution in [0, 0.1) is 12.8 Å². The molecule has 13 heterocycles. The highest BCUT2D eigenvalue weighted by Crippen LogP contribution is 2.41. The van der Waals surface area contributed by atoms with Crippen molar-refractivity contribution in [2.45, 2.75) is 69.1 Å². The van der Waals surface area contributed by atoms with Crippen LogP contribution >= 0.6 is 11.6 Å². The van der Waals surface area contributed by atoms with Crippen LogP contribution in [0.25, 0.3) is 165 Å². The van der Waals surface area contributed by atoms with Crippen LogP contribution in [0.3, 0.4) is 0 Å². The Balaban J connectivity index is 0.000000105. The number of sulfone groups is 1. The molecule has 0 radical (unpaired) electrons. The average molecular weight is 1740 g/mol. The first-order valence-corrected chi connectivity index (χ1v) is 44.0. The van der Waals surface area contributed by atoms with Crippen LogP contribution in [0.5, 0.6) is 0 Å². The SMILES string of the molecule is COC(=O)c1ccc2c(c1)nc(-c1cnn(C)c1)c1nc(S(C)(=O)=O)ncc12.Cc1ccc2c(c1)nc(-c1ccncc1)c1ccncc12.Cn1cc(-c2nc3cc(C(=O)NC4CC4)ccc3c3cnccc23)cn1.O=C(CC1CC1)c1ccc2c(c1)nc(-c1ccccc1)c1nc(NC3CC3)ncc12.O=C(O)c1ccc2c(c1)nc(-c1ccc(Cl)cc1)c1ccncc12. The van der Waals surface area contributed by atoms with Crippen LogP contribution in [0.2, 0.25) is 5.02 Å². The number of pyridine rings is 9. The van der Waals surface area contributed by atoms with Crippen LogP contribution in [0.4, 0.5) is 5.95 Å². The monoisotopic (exact) mass is 1740 g/mol. The van der Waals surface area contributed by atoms with Gasteiger partial charge < -0.3 is 20.5 Å². The summed E-state index contributed by atoms with van der Waals surface area (Å²) < 4.78 is 32.0. The number of benzene rings is 7. The standard InChI is InChI=1S/C25H22N4O.C20H17N5O.C19H11ClN2O2.C18H15N5O4S.C18H13N3/c30-22(12-15-6-7-15)17-8-11-19-20-14-26-25(27-18-9-10-18)29-24(20)23(28-21(19)13-17)16-4-2-1-3-5-16;1-25-11-13(9-22-25)19-16-6-7-21-10-17(16)15-5-2-12(8-18(15)24-19)20(26)23-14-3-4-14;20-13-4-1-11(2-5-13)18-15-7-8-21-10-16(15)14-6-3-12(19(23)24)9-17(14)22-18;1-23-9-11(7-20-23)15-16-13(8-19-18(22-16)28(3,25)26)12-5-4-10(17(24)27-2)6-14(12)21-15;1-12-2-3-14-16-11-20-9-6-15(16)18(21-17(14)10-12)13-4-7-19-8-5-13/h1-5,8,11,13-15,18H,6-7,9-10,12H2,(H,26,27,29);2,5-11,14H,3-4H2,1H3,(H,23,26);1-10H,(H,23,24);4-9H,1-3H3;2-11H,1H3. The zero-order valence-corrected chi connectivity index (χ0v) is 71.8. The predicted molar refractivity (Wildman–Crippen MR) is 499 cm³/mol. The number of halogens is 1. The van der Waals surface area contributed by atoms with Gasteiger partial charge in [0.25, 0.3) is 5.91 Å². The molecule has 3 saturated carbocycles. The molecule has 20 aromatic rings. The number of ether oxygens (including phenoxy) is 1. The van der Waals surface area contributed by atoms with E-state index in [4.69, 9.17) is 41.3 Å². The smallest absolute Gasteiger partial charge is 0.337 e. The van der Waals surface area contributed by atoms with Gasteiger partial charge >= 0.3 is 11.9 Å². The van der Waals surface area contributed by atoms with Crippen molar-refractivity contribution in [3.8, 4) is 56.3 Å². The Morgan fingerprint density at radius 2 is 0.884 bits per heavy atom.